The number of benzene rings is 4. The highest BCUT2D eigenvalue weighted by Gasteiger charge is 2.59. The van der Waals surface area contributed by atoms with Crippen molar-refractivity contribution < 1.29 is 34.3 Å². The van der Waals surface area contributed by atoms with Crippen LogP contribution in [-0.4, -0.2) is 50.2 Å². The van der Waals surface area contributed by atoms with Gasteiger partial charge in [-0.1, -0.05) is 18.2 Å². The van der Waals surface area contributed by atoms with Crippen LogP contribution in [0, 0.1) is 26.1 Å². The van der Waals surface area contributed by atoms with Gasteiger partial charge in [0.15, 0.2) is 11.5 Å². The Bertz CT molecular complexity index is 1800. The van der Waals surface area contributed by atoms with E-state index < -0.39 is 32.6 Å². The molecule has 12 heteroatoms. The molecule has 4 fully saturated rings. The van der Waals surface area contributed by atoms with Crippen molar-refractivity contribution in [3.63, 3.8) is 0 Å². The summed E-state index contributed by atoms with van der Waals surface area (Å²) in [6, 6.07) is 22.9. The summed E-state index contributed by atoms with van der Waals surface area (Å²) in [7, 11) is 0. The molecule has 3 heterocycles. The first-order chi connectivity index (χ1) is 21.6. The van der Waals surface area contributed by atoms with Crippen molar-refractivity contribution in [2.75, 3.05) is 19.6 Å². The predicted octanol–water partition coefficient (Wildman–Crippen LogP) is 6.68. The van der Waals surface area contributed by atoms with Crippen molar-refractivity contribution in [2.24, 2.45) is 5.92 Å². The molecule has 4 unspecified atom stereocenters. The fourth-order valence-corrected chi connectivity index (χ4v) is 7.53. The quantitative estimate of drug-likeness (QED) is 0.154. The molecular weight excluding hydrogens is 582 g/mol. The van der Waals surface area contributed by atoms with E-state index in [4.69, 9.17) is 14.2 Å². The van der Waals surface area contributed by atoms with Crippen molar-refractivity contribution >= 4 is 11.4 Å². The summed E-state index contributed by atoms with van der Waals surface area (Å²) in [5.41, 5.74) is -0.0753. The van der Waals surface area contributed by atoms with Crippen molar-refractivity contribution in [3.05, 3.63) is 111 Å². The van der Waals surface area contributed by atoms with Gasteiger partial charge in [-0.05, 0) is 67.1 Å². The van der Waals surface area contributed by atoms with Gasteiger partial charge in [0.2, 0.25) is 0 Å². The minimum atomic E-state index is -0.654. The Morgan fingerprint density at radius 2 is 1.29 bits per heavy atom. The van der Waals surface area contributed by atoms with Gasteiger partial charge in [0, 0.05) is 55.4 Å². The number of phenols is 2. The average Bonchev–Trinajstić information content (AvgIpc) is 2.96. The molecular formula is C33H29N3O9. The molecule has 4 aromatic rings. The maximum absolute atomic E-state index is 11.0. The van der Waals surface area contributed by atoms with E-state index in [9.17, 15) is 30.4 Å². The van der Waals surface area contributed by atoms with Gasteiger partial charge in [0.05, 0.1) is 9.85 Å². The fourth-order valence-electron chi connectivity index (χ4n) is 7.53. The SMILES string of the molecule is O=[N+]([O-])c1ccc(Oc2ccc(C34CC5CN(CC(Oc6cccc(Oc7ccc([N+](=O)[O-])c(O)c7)c6)(C5)C3)C4)cc2)cc1O. The van der Waals surface area contributed by atoms with E-state index in [-0.39, 0.29) is 16.9 Å². The number of hydrogen-bond donors (Lipinski definition) is 2. The Balaban J connectivity index is 1.08. The monoisotopic (exact) mass is 611 g/mol. The highest BCUT2D eigenvalue weighted by molar-refractivity contribution is 5.52. The van der Waals surface area contributed by atoms with Gasteiger partial charge in [-0.15, -0.1) is 0 Å². The van der Waals surface area contributed by atoms with Gasteiger partial charge >= 0.3 is 11.4 Å². The number of rotatable bonds is 9. The summed E-state index contributed by atoms with van der Waals surface area (Å²) in [5, 5.41) is 42.0. The molecule has 2 N–H and O–H groups in total. The van der Waals surface area contributed by atoms with Crippen LogP contribution < -0.4 is 14.2 Å². The second-order valence-electron chi connectivity index (χ2n) is 12.2. The highest BCUT2D eigenvalue weighted by atomic mass is 16.6. The van der Waals surface area contributed by atoms with Crippen molar-refractivity contribution in [3.8, 4) is 40.2 Å². The topological polar surface area (TPSA) is 158 Å². The Morgan fingerprint density at radius 1 is 0.711 bits per heavy atom. The van der Waals surface area contributed by atoms with Crippen LogP contribution in [0.25, 0.3) is 0 Å². The third-order valence-corrected chi connectivity index (χ3v) is 8.92. The molecule has 3 aliphatic heterocycles. The summed E-state index contributed by atoms with van der Waals surface area (Å²) in [5.74, 6) is 1.82. The van der Waals surface area contributed by atoms with Crippen LogP contribution in [0.5, 0.6) is 40.2 Å². The molecule has 0 amide bonds. The van der Waals surface area contributed by atoms with E-state index in [1.54, 1.807) is 12.1 Å². The average molecular weight is 612 g/mol. The number of nitrogens with zero attached hydrogens (tertiary/aromatic N) is 3. The van der Waals surface area contributed by atoms with Crippen LogP contribution in [0.4, 0.5) is 11.4 Å². The molecule has 4 atom stereocenters. The molecule has 12 nitrogen and oxygen atoms in total. The molecule has 8 rings (SSSR count). The lowest BCUT2D eigenvalue weighted by atomic mass is 9.55. The van der Waals surface area contributed by atoms with Crippen molar-refractivity contribution in [1.82, 2.24) is 4.90 Å². The maximum Gasteiger partial charge on any atom is 0.310 e. The third-order valence-electron chi connectivity index (χ3n) is 8.92. The summed E-state index contributed by atoms with van der Waals surface area (Å²) < 4.78 is 18.6. The molecule has 3 saturated heterocycles. The molecule has 45 heavy (non-hydrogen) atoms. The molecule has 0 radical (unpaired) electrons. The van der Waals surface area contributed by atoms with E-state index >= 15 is 0 Å². The largest absolute Gasteiger partial charge is 0.502 e. The standard InChI is InChI=1S/C33H29N3O9/c37-30-13-25(8-10-28(30)35(39)40)43-23-6-4-22(5-7-23)32-15-21-16-33(18-32,20-34(17-21)19-32)45-27-3-1-2-24(12-27)44-26-9-11-29(36(41)42)31(38)14-26/h1-14,21,37-38H,15-20H2. The van der Waals surface area contributed by atoms with Gasteiger partial charge in [-0.25, -0.2) is 0 Å². The lowest BCUT2D eigenvalue weighted by Gasteiger charge is -2.62. The van der Waals surface area contributed by atoms with E-state index in [2.05, 4.69) is 17.0 Å². The number of nitro benzene ring substituents is 2. The van der Waals surface area contributed by atoms with Crippen LogP contribution in [0.1, 0.15) is 24.8 Å². The Hall–Kier alpha value is -5.36. The molecule has 4 bridgehead atoms. The smallest absolute Gasteiger partial charge is 0.310 e. The van der Waals surface area contributed by atoms with Crippen LogP contribution in [-0.2, 0) is 5.41 Å². The zero-order valence-electron chi connectivity index (χ0n) is 24.0. The fraction of sp³-hybridized carbons (Fsp3) is 0.273. The molecule has 4 aliphatic rings. The van der Waals surface area contributed by atoms with Crippen LogP contribution in [0.2, 0.25) is 0 Å². The van der Waals surface area contributed by atoms with Crippen LogP contribution in [0.3, 0.4) is 0 Å². The first-order valence-electron chi connectivity index (χ1n) is 14.5. The number of hydrogen-bond acceptors (Lipinski definition) is 10. The molecule has 0 aromatic heterocycles. The van der Waals surface area contributed by atoms with E-state index in [0.29, 0.717) is 28.9 Å². The predicted molar refractivity (Wildman–Crippen MR) is 161 cm³/mol. The lowest BCUT2D eigenvalue weighted by Crippen LogP contribution is -2.69. The number of piperidine rings is 3. The normalized spacial score (nSPS) is 24.6. The summed E-state index contributed by atoms with van der Waals surface area (Å²) in [6.45, 7) is 2.78. The maximum atomic E-state index is 11.0. The molecule has 1 saturated carbocycles. The Kier molecular flexibility index (Phi) is 6.73. The molecule has 1 aliphatic carbocycles. The van der Waals surface area contributed by atoms with E-state index in [1.165, 1.54) is 42.0 Å². The van der Waals surface area contributed by atoms with Gasteiger partial charge < -0.3 is 24.4 Å². The minimum Gasteiger partial charge on any atom is -0.502 e. The highest BCUT2D eigenvalue weighted by Crippen LogP contribution is 2.55. The second kappa shape index (κ2) is 10.7. The minimum absolute atomic E-state index is 0.103. The van der Waals surface area contributed by atoms with Gasteiger partial charge in [0.25, 0.3) is 0 Å². The van der Waals surface area contributed by atoms with Gasteiger partial charge in [-0.3, -0.25) is 25.1 Å². The van der Waals surface area contributed by atoms with Gasteiger partial charge in [-0.2, -0.15) is 0 Å². The second-order valence-corrected chi connectivity index (χ2v) is 12.2. The molecule has 230 valence electrons. The van der Waals surface area contributed by atoms with Crippen molar-refractivity contribution in [2.45, 2.75) is 30.3 Å². The number of nitro groups is 2. The number of phenolic OH excluding ortho intramolecular Hbond substituents is 2. The third kappa shape index (κ3) is 5.44. The van der Waals surface area contributed by atoms with E-state index in [1.807, 2.05) is 24.3 Å². The number of aromatic hydroxyl groups is 2. The van der Waals surface area contributed by atoms with Gasteiger partial charge in [0.1, 0.15) is 34.3 Å². The van der Waals surface area contributed by atoms with Crippen LogP contribution in [0.15, 0.2) is 84.9 Å². The Labute approximate surface area is 257 Å². The summed E-state index contributed by atoms with van der Waals surface area (Å²) >= 11 is 0. The van der Waals surface area contributed by atoms with Crippen molar-refractivity contribution in [1.29, 1.82) is 0 Å². The molecule has 4 aromatic carbocycles. The summed E-state index contributed by atoms with van der Waals surface area (Å²) in [6.07, 6.45) is 2.83. The first kappa shape index (κ1) is 28.4. The first-order valence-corrected chi connectivity index (χ1v) is 14.5. The molecule has 0 spiro atoms. The van der Waals surface area contributed by atoms with E-state index in [0.717, 1.165) is 38.9 Å². The zero-order chi connectivity index (χ0) is 31.3. The zero-order valence-corrected chi connectivity index (χ0v) is 24.0. The van der Waals surface area contributed by atoms with Crippen LogP contribution >= 0.6 is 0 Å². The number of ether oxygens (including phenoxy) is 3. The summed E-state index contributed by atoms with van der Waals surface area (Å²) in [4.78, 5) is 23.2. The Morgan fingerprint density at radius 3 is 1.89 bits per heavy atom. The lowest BCUT2D eigenvalue weighted by molar-refractivity contribution is -0.386.